The summed E-state index contributed by atoms with van der Waals surface area (Å²) >= 11 is 0. The lowest BCUT2D eigenvalue weighted by Gasteiger charge is -2.31. The van der Waals surface area contributed by atoms with Crippen molar-refractivity contribution >= 4 is 0 Å². The van der Waals surface area contributed by atoms with Crippen LogP contribution in [0.3, 0.4) is 0 Å². The molecule has 114 valence electrons. The molecule has 21 heavy (non-hydrogen) atoms. The molecule has 0 saturated heterocycles. The molecule has 0 amide bonds. The van der Waals surface area contributed by atoms with Crippen molar-refractivity contribution in [2.75, 3.05) is 0 Å². The highest BCUT2D eigenvalue weighted by Crippen LogP contribution is 2.35. The van der Waals surface area contributed by atoms with Gasteiger partial charge >= 0.3 is 0 Å². The minimum atomic E-state index is 0.155. The number of furan rings is 2. The van der Waals surface area contributed by atoms with Gasteiger partial charge in [-0.25, -0.2) is 0 Å². The molecule has 2 heterocycles. The Bertz CT molecular complexity index is 480. The SMILES string of the molecule is CC(CCCC[CH]c1ccco1)C(C)(C)[CH]c1ccco1. The third-order valence-corrected chi connectivity index (χ3v) is 4.31. The summed E-state index contributed by atoms with van der Waals surface area (Å²) in [6, 6.07) is 7.90. The summed E-state index contributed by atoms with van der Waals surface area (Å²) in [7, 11) is 0. The van der Waals surface area contributed by atoms with Gasteiger partial charge in [-0.15, -0.1) is 0 Å². The van der Waals surface area contributed by atoms with Crippen LogP contribution in [0.15, 0.2) is 45.6 Å². The van der Waals surface area contributed by atoms with E-state index in [0.29, 0.717) is 5.92 Å². The summed E-state index contributed by atoms with van der Waals surface area (Å²) in [5.74, 6) is 2.58. The summed E-state index contributed by atoms with van der Waals surface area (Å²) in [6.45, 7) is 6.90. The molecule has 0 aliphatic heterocycles. The number of rotatable bonds is 9. The molecule has 2 nitrogen and oxygen atoms in total. The van der Waals surface area contributed by atoms with E-state index < -0.39 is 0 Å². The van der Waals surface area contributed by atoms with E-state index in [1.54, 1.807) is 12.5 Å². The van der Waals surface area contributed by atoms with Crippen molar-refractivity contribution < 1.29 is 8.83 Å². The minimum absolute atomic E-state index is 0.155. The maximum Gasteiger partial charge on any atom is 0.108 e. The first-order valence-electron chi connectivity index (χ1n) is 7.84. The number of unbranched alkanes of at least 4 members (excludes halogenated alkanes) is 2. The quantitative estimate of drug-likeness (QED) is 0.536. The van der Waals surface area contributed by atoms with Crippen LogP contribution in [0.2, 0.25) is 0 Å². The predicted octanol–water partition coefficient (Wildman–Crippen LogP) is 5.90. The monoisotopic (exact) mass is 286 g/mol. The van der Waals surface area contributed by atoms with Gasteiger partial charge in [0.05, 0.1) is 12.5 Å². The van der Waals surface area contributed by atoms with Gasteiger partial charge < -0.3 is 8.83 Å². The Kier molecular flexibility index (Phi) is 5.72. The number of hydrogen-bond donors (Lipinski definition) is 0. The van der Waals surface area contributed by atoms with Gasteiger partial charge in [0, 0.05) is 12.8 Å². The molecule has 0 saturated carbocycles. The molecule has 1 atom stereocenters. The third kappa shape index (κ3) is 5.11. The van der Waals surface area contributed by atoms with Gasteiger partial charge in [0.2, 0.25) is 0 Å². The first-order valence-corrected chi connectivity index (χ1v) is 7.84. The summed E-state index contributed by atoms with van der Waals surface area (Å²) in [4.78, 5) is 0. The summed E-state index contributed by atoms with van der Waals surface area (Å²) in [5.41, 5.74) is 0.155. The van der Waals surface area contributed by atoms with E-state index in [0.717, 1.165) is 17.9 Å². The standard InChI is InChI=1S/C19H26O2/c1-16(19(2,3)15-18-12-8-14-21-18)9-5-4-6-10-17-11-7-13-20-17/h7-8,10-16H,4-6,9H2,1-3H3. The zero-order chi connectivity index (χ0) is 15.1. The van der Waals surface area contributed by atoms with Gasteiger partial charge in [0.1, 0.15) is 11.5 Å². The summed E-state index contributed by atoms with van der Waals surface area (Å²) < 4.78 is 10.7. The van der Waals surface area contributed by atoms with Crippen molar-refractivity contribution in [3.8, 4) is 0 Å². The second kappa shape index (κ2) is 7.53. The van der Waals surface area contributed by atoms with Crippen LogP contribution in [-0.2, 0) is 0 Å². The fourth-order valence-electron chi connectivity index (χ4n) is 2.50. The van der Waals surface area contributed by atoms with Crippen molar-refractivity contribution in [3.63, 3.8) is 0 Å². The Morgan fingerprint density at radius 1 is 1.05 bits per heavy atom. The molecule has 0 N–H and O–H groups in total. The largest absolute Gasteiger partial charge is 0.469 e. The van der Waals surface area contributed by atoms with E-state index in [2.05, 4.69) is 33.6 Å². The molecule has 2 aromatic rings. The molecule has 0 aromatic carbocycles. The zero-order valence-corrected chi connectivity index (χ0v) is 13.3. The van der Waals surface area contributed by atoms with Gasteiger partial charge in [0.25, 0.3) is 0 Å². The summed E-state index contributed by atoms with van der Waals surface area (Å²) in [6.07, 6.45) is 12.6. The van der Waals surface area contributed by atoms with Crippen molar-refractivity contribution in [2.24, 2.45) is 11.3 Å². The van der Waals surface area contributed by atoms with E-state index in [-0.39, 0.29) is 5.41 Å². The van der Waals surface area contributed by atoms with Gasteiger partial charge in [-0.05, 0) is 42.0 Å². The van der Waals surface area contributed by atoms with Crippen LogP contribution in [-0.4, -0.2) is 0 Å². The Labute approximate surface area is 128 Å². The van der Waals surface area contributed by atoms with E-state index in [1.807, 2.05) is 24.3 Å². The Morgan fingerprint density at radius 3 is 2.33 bits per heavy atom. The summed E-state index contributed by atoms with van der Waals surface area (Å²) in [5, 5.41) is 0. The first-order chi connectivity index (χ1) is 10.1. The molecule has 0 spiro atoms. The normalized spacial score (nSPS) is 13.5. The predicted molar refractivity (Wildman–Crippen MR) is 85.6 cm³/mol. The maximum atomic E-state index is 5.43. The van der Waals surface area contributed by atoms with E-state index >= 15 is 0 Å². The zero-order valence-electron chi connectivity index (χ0n) is 13.3. The van der Waals surface area contributed by atoms with Crippen LogP contribution in [0.1, 0.15) is 58.0 Å². The highest BCUT2D eigenvalue weighted by atomic mass is 16.3. The highest BCUT2D eigenvalue weighted by Gasteiger charge is 2.27. The third-order valence-electron chi connectivity index (χ3n) is 4.31. The molecule has 0 bridgehead atoms. The van der Waals surface area contributed by atoms with Crippen molar-refractivity contribution in [2.45, 2.75) is 46.5 Å². The second-order valence-corrected chi connectivity index (χ2v) is 6.39. The van der Waals surface area contributed by atoms with Crippen molar-refractivity contribution in [3.05, 3.63) is 61.2 Å². The lowest BCUT2D eigenvalue weighted by Crippen LogP contribution is -2.22. The Morgan fingerprint density at radius 2 is 1.71 bits per heavy atom. The van der Waals surface area contributed by atoms with Crippen LogP contribution >= 0.6 is 0 Å². The lowest BCUT2D eigenvalue weighted by molar-refractivity contribution is 0.255. The Hall–Kier alpha value is -1.44. The molecular weight excluding hydrogens is 260 g/mol. The number of hydrogen-bond acceptors (Lipinski definition) is 2. The van der Waals surface area contributed by atoms with Gasteiger partial charge in [0.15, 0.2) is 0 Å². The van der Waals surface area contributed by atoms with E-state index in [4.69, 9.17) is 8.83 Å². The van der Waals surface area contributed by atoms with Gasteiger partial charge in [-0.2, -0.15) is 0 Å². The lowest BCUT2D eigenvalue weighted by atomic mass is 9.74. The van der Waals surface area contributed by atoms with Crippen LogP contribution in [0, 0.1) is 24.2 Å². The van der Waals surface area contributed by atoms with Gasteiger partial charge in [-0.3, -0.25) is 0 Å². The molecule has 0 fully saturated rings. The van der Waals surface area contributed by atoms with Crippen LogP contribution < -0.4 is 0 Å². The molecule has 2 aromatic heterocycles. The van der Waals surface area contributed by atoms with Crippen molar-refractivity contribution in [1.82, 2.24) is 0 Å². The molecule has 2 radical (unpaired) electrons. The highest BCUT2D eigenvalue weighted by molar-refractivity contribution is 5.14. The first kappa shape index (κ1) is 15.9. The van der Waals surface area contributed by atoms with Crippen LogP contribution in [0.4, 0.5) is 0 Å². The fourth-order valence-corrected chi connectivity index (χ4v) is 2.50. The van der Waals surface area contributed by atoms with Crippen LogP contribution in [0.25, 0.3) is 0 Å². The molecule has 0 aliphatic carbocycles. The average molecular weight is 286 g/mol. The molecule has 2 heteroatoms. The molecule has 1 unspecified atom stereocenters. The second-order valence-electron chi connectivity index (χ2n) is 6.39. The van der Waals surface area contributed by atoms with E-state index in [1.165, 1.54) is 19.3 Å². The molecular formula is C19H26O2. The minimum Gasteiger partial charge on any atom is -0.469 e. The van der Waals surface area contributed by atoms with Gasteiger partial charge in [-0.1, -0.05) is 40.0 Å². The maximum absolute atomic E-state index is 5.43. The Balaban J connectivity index is 1.64. The fraction of sp³-hybridized carbons (Fsp3) is 0.474. The molecule has 0 aliphatic rings. The van der Waals surface area contributed by atoms with Crippen molar-refractivity contribution in [1.29, 1.82) is 0 Å². The van der Waals surface area contributed by atoms with E-state index in [9.17, 15) is 0 Å². The topological polar surface area (TPSA) is 26.3 Å². The average Bonchev–Trinajstić information content (AvgIpc) is 3.11. The smallest absolute Gasteiger partial charge is 0.108 e. The molecule has 2 rings (SSSR count). The van der Waals surface area contributed by atoms with Crippen LogP contribution in [0.5, 0.6) is 0 Å².